The smallest absolute Gasteiger partial charge is 0.320 e. The van der Waals surface area contributed by atoms with Crippen LogP contribution in [0.2, 0.25) is 0 Å². The Morgan fingerprint density at radius 3 is 2.93 bits per heavy atom. The van der Waals surface area contributed by atoms with Crippen LogP contribution in [0.15, 0.2) is 41.0 Å². The number of nitrogens with zero attached hydrogens (tertiary/aromatic N) is 4. The van der Waals surface area contributed by atoms with Crippen LogP contribution in [0.5, 0.6) is 0 Å². The van der Waals surface area contributed by atoms with Crippen LogP contribution in [-0.4, -0.2) is 41.3 Å². The maximum absolute atomic E-state index is 13.4. The van der Waals surface area contributed by atoms with Crippen LogP contribution < -0.4 is 0 Å². The van der Waals surface area contributed by atoms with Gasteiger partial charge in [-0.3, -0.25) is 14.2 Å². The molecule has 0 spiro atoms. The van der Waals surface area contributed by atoms with E-state index in [2.05, 4.69) is 10.0 Å². The number of benzene rings is 1. The molecule has 1 fully saturated rings. The van der Waals surface area contributed by atoms with Crippen molar-refractivity contribution in [3.05, 3.63) is 57.6 Å². The highest BCUT2D eigenvalue weighted by molar-refractivity contribution is 6.02. The maximum atomic E-state index is 13.4. The minimum absolute atomic E-state index is 0.0861. The van der Waals surface area contributed by atoms with Gasteiger partial charge in [-0.25, -0.2) is 0 Å². The predicted octanol–water partition coefficient (Wildman–Crippen LogP) is 3.28. The minimum Gasteiger partial charge on any atom is -0.468 e. The van der Waals surface area contributed by atoms with Gasteiger partial charge in [-0.2, -0.15) is 0 Å². The number of methoxy groups -OCH3 is 1. The van der Waals surface area contributed by atoms with E-state index in [0.717, 1.165) is 10.9 Å². The van der Waals surface area contributed by atoms with Crippen molar-refractivity contribution in [3.63, 3.8) is 0 Å². The third kappa shape index (κ3) is 2.53. The van der Waals surface area contributed by atoms with Crippen molar-refractivity contribution in [1.29, 1.82) is 0 Å². The molecule has 2 heterocycles. The van der Waals surface area contributed by atoms with Crippen LogP contribution in [0.1, 0.15) is 35.8 Å². The first-order valence-corrected chi connectivity index (χ1v) is 9.60. The number of ether oxygens (including phenoxy) is 1. The van der Waals surface area contributed by atoms with Crippen LogP contribution in [0.4, 0.5) is 0 Å². The van der Waals surface area contributed by atoms with Gasteiger partial charge in [0.05, 0.1) is 24.4 Å². The van der Waals surface area contributed by atoms with E-state index in [1.54, 1.807) is 17.6 Å². The Morgan fingerprint density at radius 2 is 2.24 bits per heavy atom. The fraction of sp³-hybridized carbons (Fsp3) is 0.429. The van der Waals surface area contributed by atoms with E-state index in [1.165, 1.54) is 7.11 Å². The largest absolute Gasteiger partial charge is 0.468 e. The van der Waals surface area contributed by atoms with Gasteiger partial charge in [-0.1, -0.05) is 29.4 Å². The number of rotatable bonds is 4. The quantitative estimate of drug-likeness (QED) is 0.281. The molecule has 2 bridgehead atoms. The van der Waals surface area contributed by atoms with Crippen molar-refractivity contribution in [2.24, 2.45) is 11.0 Å². The zero-order chi connectivity index (χ0) is 20.8. The standard InChI is InChI=1S/C21H22N4O4/c1-3-12-10-13-11-21(18(12)26,20(28)29-2)17-15(8-9-23-24-22)14-6-4-5-7-16(14)25(17)19(13)27/h3-7,13,18,26H,8-11H2,1-2H3/b12-3+/t13?,18?,21-/m1/s1. The van der Waals surface area contributed by atoms with Gasteiger partial charge in [0, 0.05) is 22.8 Å². The molecule has 2 unspecified atom stereocenters. The SMILES string of the molecule is C/C=C1\CC2C[C@@](C(=O)OC)(c3c(CCN=[N+]=[N-])c4ccccc4n3C2=O)C1O. The van der Waals surface area contributed by atoms with Crippen LogP contribution in [0, 0.1) is 5.92 Å². The van der Waals surface area contributed by atoms with Crippen molar-refractivity contribution < 1.29 is 19.4 Å². The van der Waals surface area contributed by atoms with Crippen molar-refractivity contribution in [1.82, 2.24) is 4.57 Å². The lowest BCUT2D eigenvalue weighted by atomic mass is 9.60. The molecule has 150 valence electrons. The number of hydrogen-bond acceptors (Lipinski definition) is 5. The van der Waals surface area contributed by atoms with Crippen LogP contribution >= 0.6 is 0 Å². The van der Waals surface area contributed by atoms with Gasteiger partial charge < -0.3 is 9.84 Å². The molecular weight excluding hydrogens is 372 g/mol. The van der Waals surface area contributed by atoms with E-state index in [0.29, 0.717) is 29.6 Å². The molecule has 8 heteroatoms. The highest BCUT2D eigenvalue weighted by Gasteiger charge is 2.60. The second-order valence-corrected chi connectivity index (χ2v) is 7.56. The molecule has 29 heavy (non-hydrogen) atoms. The summed E-state index contributed by atoms with van der Waals surface area (Å²) in [6.45, 7) is 1.98. The normalized spacial score (nSPS) is 26.9. The number of allylic oxidation sites excluding steroid dienone is 1. The molecule has 1 aliphatic heterocycles. The van der Waals surface area contributed by atoms with E-state index in [1.807, 2.05) is 24.3 Å². The van der Waals surface area contributed by atoms with E-state index >= 15 is 0 Å². The first-order chi connectivity index (χ1) is 14.0. The van der Waals surface area contributed by atoms with Gasteiger partial charge in [0.2, 0.25) is 5.91 Å². The topological polar surface area (TPSA) is 117 Å². The number of aliphatic hydroxyl groups excluding tert-OH is 1. The maximum Gasteiger partial charge on any atom is 0.320 e. The number of para-hydroxylation sites is 1. The Bertz CT molecular complexity index is 1100. The summed E-state index contributed by atoms with van der Waals surface area (Å²) in [6, 6.07) is 7.42. The third-order valence-corrected chi connectivity index (χ3v) is 6.29. The number of azide groups is 1. The Hall–Kier alpha value is -3.09. The zero-order valence-corrected chi connectivity index (χ0v) is 16.3. The molecule has 1 aromatic heterocycles. The molecule has 0 saturated heterocycles. The van der Waals surface area contributed by atoms with Gasteiger partial charge in [0.25, 0.3) is 0 Å². The number of aromatic nitrogens is 1. The fourth-order valence-electron chi connectivity index (χ4n) is 5.08. The van der Waals surface area contributed by atoms with Gasteiger partial charge in [-0.15, -0.1) is 0 Å². The summed E-state index contributed by atoms with van der Waals surface area (Å²) in [7, 11) is 1.30. The lowest BCUT2D eigenvalue weighted by Crippen LogP contribution is -2.58. The predicted molar refractivity (Wildman–Crippen MR) is 106 cm³/mol. The molecule has 2 aliphatic rings. The molecule has 8 nitrogen and oxygen atoms in total. The monoisotopic (exact) mass is 394 g/mol. The second-order valence-electron chi connectivity index (χ2n) is 7.56. The van der Waals surface area contributed by atoms with Gasteiger partial charge >= 0.3 is 5.97 Å². The highest BCUT2D eigenvalue weighted by atomic mass is 16.5. The molecule has 4 rings (SSSR count). The van der Waals surface area contributed by atoms with Crippen molar-refractivity contribution >= 4 is 22.8 Å². The van der Waals surface area contributed by atoms with Crippen molar-refractivity contribution in [2.75, 3.05) is 13.7 Å². The molecule has 3 atom stereocenters. The van der Waals surface area contributed by atoms with Gasteiger partial charge in [0.15, 0.2) is 0 Å². The Labute approximate surface area is 167 Å². The molecule has 1 N–H and O–H groups in total. The van der Waals surface area contributed by atoms with Crippen molar-refractivity contribution in [2.45, 2.75) is 37.7 Å². The van der Waals surface area contributed by atoms with Crippen LogP contribution in [-0.2, 0) is 21.4 Å². The van der Waals surface area contributed by atoms with Gasteiger partial charge in [-0.05, 0) is 48.9 Å². The number of carbonyl (C=O) groups excluding carboxylic acids is 2. The average Bonchev–Trinajstić information content (AvgIpc) is 3.08. The Morgan fingerprint density at radius 1 is 1.48 bits per heavy atom. The van der Waals surface area contributed by atoms with Gasteiger partial charge in [0.1, 0.15) is 5.41 Å². The van der Waals surface area contributed by atoms with E-state index in [4.69, 9.17) is 10.3 Å². The molecule has 0 radical (unpaired) electrons. The summed E-state index contributed by atoms with van der Waals surface area (Å²) in [6.07, 6.45) is 1.64. The van der Waals surface area contributed by atoms with E-state index in [9.17, 15) is 14.7 Å². The van der Waals surface area contributed by atoms with Crippen LogP contribution in [0.3, 0.4) is 0 Å². The third-order valence-electron chi connectivity index (χ3n) is 6.29. The van der Waals surface area contributed by atoms with Crippen LogP contribution in [0.25, 0.3) is 21.3 Å². The van der Waals surface area contributed by atoms with Crippen molar-refractivity contribution in [3.8, 4) is 0 Å². The zero-order valence-electron chi connectivity index (χ0n) is 16.3. The van der Waals surface area contributed by atoms with E-state index < -0.39 is 23.4 Å². The number of hydrogen-bond donors (Lipinski definition) is 1. The molecular formula is C21H22N4O4. The summed E-state index contributed by atoms with van der Waals surface area (Å²) in [5, 5.41) is 15.8. The highest BCUT2D eigenvalue weighted by Crippen LogP contribution is 2.52. The Kier molecular flexibility index (Phi) is 4.68. The minimum atomic E-state index is -1.38. The summed E-state index contributed by atoms with van der Waals surface area (Å²) >= 11 is 0. The summed E-state index contributed by atoms with van der Waals surface area (Å²) < 4.78 is 6.75. The molecule has 1 aliphatic carbocycles. The fourth-order valence-corrected chi connectivity index (χ4v) is 5.08. The molecule has 0 amide bonds. The average molecular weight is 394 g/mol. The lowest BCUT2D eigenvalue weighted by Gasteiger charge is -2.47. The Balaban J connectivity index is 2.11. The number of aliphatic hydroxyl groups is 1. The summed E-state index contributed by atoms with van der Waals surface area (Å²) in [5.41, 5.74) is 9.88. The number of carbonyl (C=O) groups is 2. The number of esters is 1. The summed E-state index contributed by atoms with van der Waals surface area (Å²) in [5.74, 6) is -1.07. The lowest BCUT2D eigenvalue weighted by molar-refractivity contribution is -0.154. The molecule has 1 saturated carbocycles. The number of fused-ring (bicyclic) bond motifs is 6. The molecule has 2 aromatic rings. The first-order valence-electron chi connectivity index (χ1n) is 9.60. The second kappa shape index (κ2) is 7.06. The van der Waals surface area contributed by atoms with E-state index in [-0.39, 0.29) is 18.9 Å². The molecule has 1 aromatic carbocycles. The first kappa shape index (κ1) is 19.2. The summed E-state index contributed by atoms with van der Waals surface area (Å²) in [4.78, 5) is 29.4.